The number of hydrogen-bond acceptors (Lipinski definition) is 6. The quantitative estimate of drug-likeness (QED) is 0.727. The maximum absolute atomic E-state index is 13.0. The van der Waals surface area contributed by atoms with Crippen LogP contribution in [0.3, 0.4) is 0 Å². The van der Waals surface area contributed by atoms with Crippen LogP contribution in [0.4, 0.5) is 4.39 Å². The maximum Gasteiger partial charge on any atom is 0.292 e. The van der Waals surface area contributed by atoms with Crippen LogP contribution >= 0.6 is 0 Å². The Morgan fingerprint density at radius 3 is 2.80 bits per heavy atom. The molecular weight excluding hydrogens is 327 g/mol. The number of halogens is 1. The van der Waals surface area contributed by atoms with Gasteiger partial charge < -0.3 is 13.9 Å². The Labute approximate surface area is 142 Å². The van der Waals surface area contributed by atoms with Crippen molar-refractivity contribution in [2.45, 2.75) is 18.8 Å². The monoisotopic (exact) mass is 342 g/mol. The fraction of sp³-hybridized carbons (Fsp3) is 0.294. The van der Waals surface area contributed by atoms with Crippen molar-refractivity contribution in [3.63, 3.8) is 0 Å². The van der Waals surface area contributed by atoms with Gasteiger partial charge in [0.15, 0.2) is 0 Å². The summed E-state index contributed by atoms with van der Waals surface area (Å²) in [6, 6.07) is 7.45. The van der Waals surface area contributed by atoms with Gasteiger partial charge in [-0.15, -0.1) is 0 Å². The van der Waals surface area contributed by atoms with E-state index in [4.69, 9.17) is 9.05 Å². The summed E-state index contributed by atoms with van der Waals surface area (Å²) in [4.78, 5) is 18.5. The van der Waals surface area contributed by atoms with E-state index in [0.29, 0.717) is 30.4 Å². The van der Waals surface area contributed by atoms with Crippen LogP contribution in [0.5, 0.6) is 0 Å². The number of amides is 1. The van der Waals surface area contributed by atoms with E-state index in [1.165, 1.54) is 18.3 Å². The van der Waals surface area contributed by atoms with Crippen molar-refractivity contribution in [2.75, 3.05) is 13.1 Å². The molecule has 3 heterocycles. The minimum atomic E-state index is -0.318. The summed E-state index contributed by atoms with van der Waals surface area (Å²) in [6.07, 6.45) is 3.13. The smallest absolute Gasteiger partial charge is 0.292 e. The molecule has 2 aromatic heterocycles. The average Bonchev–Trinajstić information content (AvgIpc) is 3.34. The summed E-state index contributed by atoms with van der Waals surface area (Å²) in [5, 5.41) is 7.54. The topological polar surface area (TPSA) is 85.3 Å². The molecule has 8 heteroatoms. The van der Waals surface area contributed by atoms with Crippen LogP contribution in [0.25, 0.3) is 11.4 Å². The van der Waals surface area contributed by atoms with Crippen molar-refractivity contribution >= 4 is 5.91 Å². The Morgan fingerprint density at radius 2 is 2.04 bits per heavy atom. The first-order valence-electron chi connectivity index (χ1n) is 8.00. The molecule has 1 aliphatic heterocycles. The molecular formula is C17H15FN4O3. The van der Waals surface area contributed by atoms with Gasteiger partial charge in [0.1, 0.15) is 5.82 Å². The molecule has 0 bridgehead atoms. The molecule has 1 saturated heterocycles. The predicted molar refractivity (Wildman–Crippen MR) is 84.1 cm³/mol. The highest BCUT2D eigenvalue weighted by molar-refractivity contribution is 5.91. The lowest BCUT2D eigenvalue weighted by molar-refractivity contribution is 0.0654. The number of carbonyl (C=O) groups is 1. The van der Waals surface area contributed by atoms with Gasteiger partial charge >= 0.3 is 0 Å². The van der Waals surface area contributed by atoms with E-state index in [0.717, 1.165) is 12.8 Å². The van der Waals surface area contributed by atoms with Crippen molar-refractivity contribution < 1.29 is 18.2 Å². The third-order valence-corrected chi connectivity index (χ3v) is 4.25. The molecule has 0 aliphatic carbocycles. The summed E-state index contributed by atoms with van der Waals surface area (Å²) in [7, 11) is 0. The minimum absolute atomic E-state index is 0.0395. The molecule has 4 rings (SSSR count). The number of nitrogens with zero attached hydrogens (tertiary/aromatic N) is 4. The third kappa shape index (κ3) is 3.15. The molecule has 0 spiro atoms. The number of likely N-dealkylation sites (tertiary alicyclic amines) is 1. The van der Waals surface area contributed by atoms with Gasteiger partial charge in [-0.25, -0.2) is 4.39 Å². The number of piperidine rings is 1. The van der Waals surface area contributed by atoms with E-state index in [2.05, 4.69) is 15.3 Å². The molecule has 0 N–H and O–H groups in total. The van der Waals surface area contributed by atoms with Gasteiger partial charge in [0.2, 0.25) is 17.5 Å². The first-order chi connectivity index (χ1) is 12.2. The third-order valence-electron chi connectivity index (χ3n) is 4.25. The summed E-state index contributed by atoms with van der Waals surface area (Å²) in [5.74, 6) is 0.561. The van der Waals surface area contributed by atoms with Crippen molar-refractivity contribution in [1.82, 2.24) is 20.2 Å². The zero-order valence-electron chi connectivity index (χ0n) is 13.3. The average molecular weight is 342 g/mol. The minimum Gasteiger partial charge on any atom is -0.351 e. The second-order valence-corrected chi connectivity index (χ2v) is 5.93. The van der Waals surface area contributed by atoms with Gasteiger partial charge in [-0.2, -0.15) is 4.98 Å². The highest BCUT2D eigenvalue weighted by Crippen LogP contribution is 2.28. The highest BCUT2D eigenvalue weighted by Gasteiger charge is 2.30. The summed E-state index contributed by atoms with van der Waals surface area (Å²) in [5.41, 5.74) is 0.682. The molecule has 1 amide bonds. The van der Waals surface area contributed by atoms with E-state index in [9.17, 15) is 9.18 Å². The lowest BCUT2D eigenvalue weighted by Gasteiger charge is -2.30. The molecule has 1 unspecified atom stereocenters. The molecule has 1 fully saturated rings. The van der Waals surface area contributed by atoms with Crippen LogP contribution in [0.1, 0.15) is 35.2 Å². The number of hydrogen-bond donors (Lipinski definition) is 0. The first kappa shape index (κ1) is 15.5. The Bertz CT molecular complexity index is 860. The number of aromatic nitrogens is 3. The van der Waals surface area contributed by atoms with Crippen LogP contribution < -0.4 is 0 Å². The molecule has 1 atom stereocenters. The van der Waals surface area contributed by atoms with E-state index >= 15 is 0 Å². The molecule has 1 aromatic carbocycles. The van der Waals surface area contributed by atoms with Gasteiger partial charge in [0, 0.05) is 24.7 Å². The normalized spacial score (nSPS) is 17.6. The van der Waals surface area contributed by atoms with Gasteiger partial charge in [0.05, 0.1) is 12.1 Å². The Hall–Kier alpha value is -3.03. The summed E-state index contributed by atoms with van der Waals surface area (Å²) in [6.45, 7) is 1.12. The Kier molecular flexibility index (Phi) is 4.01. The number of rotatable bonds is 3. The van der Waals surface area contributed by atoms with Gasteiger partial charge in [-0.3, -0.25) is 4.79 Å². The number of carbonyl (C=O) groups excluding carboxylic acids is 1. The molecule has 3 aromatic rings. The van der Waals surface area contributed by atoms with Gasteiger partial charge in [-0.1, -0.05) is 10.3 Å². The second kappa shape index (κ2) is 6.46. The fourth-order valence-electron chi connectivity index (χ4n) is 2.96. The lowest BCUT2D eigenvalue weighted by atomic mass is 9.97. The summed E-state index contributed by atoms with van der Waals surface area (Å²) < 4.78 is 23.3. The van der Waals surface area contributed by atoms with E-state index in [-0.39, 0.29) is 23.4 Å². The largest absolute Gasteiger partial charge is 0.351 e. The Morgan fingerprint density at radius 1 is 1.20 bits per heavy atom. The van der Waals surface area contributed by atoms with Crippen LogP contribution in [0.15, 0.2) is 45.6 Å². The van der Waals surface area contributed by atoms with Crippen molar-refractivity contribution in [3.8, 4) is 11.4 Å². The molecule has 0 radical (unpaired) electrons. The van der Waals surface area contributed by atoms with Crippen LogP contribution in [0.2, 0.25) is 0 Å². The van der Waals surface area contributed by atoms with E-state index in [1.54, 1.807) is 23.1 Å². The molecule has 7 nitrogen and oxygen atoms in total. The van der Waals surface area contributed by atoms with E-state index in [1.807, 2.05) is 0 Å². The lowest BCUT2D eigenvalue weighted by Crippen LogP contribution is -2.39. The van der Waals surface area contributed by atoms with Crippen molar-refractivity contribution in [1.29, 1.82) is 0 Å². The van der Waals surface area contributed by atoms with Crippen LogP contribution in [-0.4, -0.2) is 39.2 Å². The fourth-order valence-corrected chi connectivity index (χ4v) is 2.96. The highest BCUT2D eigenvalue weighted by atomic mass is 19.1. The molecule has 128 valence electrons. The van der Waals surface area contributed by atoms with Crippen molar-refractivity contribution in [2.24, 2.45) is 0 Å². The zero-order valence-corrected chi connectivity index (χ0v) is 13.3. The van der Waals surface area contributed by atoms with E-state index < -0.39 is 0 Å². The standard InChI is InChI=1S/C17H15FN4O3/c18-13-5-3-11(4-6-13)15-20-16(25-21-15)12-2-1-9-22(10-12)17(23)14-7-8-19-24-14/h3-8,12H,1-2,9-10H2. The zero-order chi connectivity index (χ0) is 17.2. The first-order valence-corrected chi connectivity index (χ1v) is 8.00. The summed E-state index contributed by atoms with van der Waals surface area (Å²) >= 11 is 0. The van der Waals surface area contributed by atoms with Gasteiger partial charge in [-0.05, 0) is 37.1 Å². The predicted octanol–water partition coefficient (Wildman–Crippen LogP) is 2.88. The maximum atomic E-state index is 13.0. The number of benzene rings is 1. The second-order valence-electron chi connectivity index (χ2n) is 5.93. The van der Waals surface area contributed by atoms with Gasteiger partial charge in [0.25, 0.3) is 5.91 Å². The van der Waals surface area contributed by atoms with Crippen LogP contribution in [0, 0.1) is 5.82 Å². The van der Waals surface area contributed by atoms with Crippen molar-refractivity contribution in [3.05, 3.63) is 54.0 Å². The SMILES string of the molecule is O=C(c1ccno1)N1CCCC(c2nc(-c3ccc(F)cc3)no2)C1. The molecule has 0 saturated carbocycles. The molecule has 25 heavy (non-hydrogen) atoms. The van der Waals surface area contributed by atoms with Crippen LogP contribution in [-0.2, 0) is 0 Å². The molecule has 1 aliphatic rings. The Balaban J connectivity index is 1.50.